The molecule has 0 spiro atoms. The zero-order valence-electron chi connectivity index (χ0n) is 13.7. The van der Waals surface area contributed by atoms with Crippen LogP contribution in [-0.2, 0) is 16.3 Å². The smallest absolute Gasteiger partial charge is 0.237 e. The van der Waals surface area contributed by atoms with Crippen molar-refractivity contribution in [1.29, 1.82) is 0 Å². The Kier molecular flexibility index (Phi) is 3.66. The van der Waals surface area contributed by atoms with Crippen molar-refractivity contribution in [1.82, 2.24) is 0 Å². The molecular formula is C10H12Cl3O2PS. The van der Waals surface area contributed by atoms with Gasteiger partial charge in [0.1, 0.15) is 5.75 Å². The maximum atomic E-state index is 7.52. The van der Waals surface area contributed by atoms with E-state index >= 15 is 0 Å². The molecule has 7 heteroatoms. The van der Waals surface area contributed by atoms with Crippen LogP contribution >= 0.6 is 41.3 Å². The minimum Gasteiger partial charge on any atom is -0.442 e. The lowest BCUT2D eigenvalue weighted by Crippen LogP contribution is -2.00. The van der Waals surface area contributed by atoms with Crippen LogP contribution in [0.5, 0.6) is 5.75 Å². The van der Waals surface area contributed by atoms with Crippen molar-refractivity contribution < 1.29 is 15.9 Å². The van der Waals surface area contributed by atoms with Crippen molar-refractivity contribution in [3.05, 3.63) is 27.2 Å². The maximum Gasteiger partial charge on any atom is 0.237 e. The Morgan fingerprint density at radius 1 is 1.35 bits per heavy atom. The third kappa shape index (κ3) is 4.27. The maximum absolute atomic E-state index is 7.52. The molecule has 1 atom stereocenters. The molecule has 96 valence electrons. The van der Waals surface area contributed by atoms with E-state index in [9.17, 15) is 0 Å². The van der Waals surface area contributed by atoms with Crippen LogP contribution in [0.1, 0.15) is 20.6 Å². The van der Waals surface area contributed by atoms with Crippen LogP contribution in [0.15, 0.2) is 12.1 Å². The molecule has 0 heterocycles. The molecule has 0 N–H and O–H groups in total. The van der Waals surface area contributed by atoms with Gasteiger partial charge in [-0.1, -0.05) is 41.7 Å². The van der Waals surface area contributed by atoms with E-state index in [0.29, 0.717) is 0 Å². The van der Waals surface area contributed by atoms with E-state index in [2.05, 4.69) is 0 Å². The Morgan fingerprint density at radius 2 is 2.00 bits per heavy atom. The highest BCUT2D eigenvalue weighted by Crippen LogP contribution is 2.50. The Morgan fingerprint density at radius 3 is 2.59 bits per heavy atom. The largest absolute Gasteiger partial charge is 0.442 e. The summed E-state index contributed by atoms with van der Waals surface area (Å²) in [5.41, 5.74) is 0. The summed E-state index contributed by atoms with van der Waals surface area (Å²) in [6.45, 7) is -7.64. The van der Waals surface area contributed by atoms with E-state index in [0.717, 1.165) is 0 Å². The van der Waals surface area contributed by atoms with Gasteiger partial charge in [-0.3, -0.25) is 0 Å². The average Bonchev–Trinajstić information content (AvgIpc) is 2.34. The standard InChI is InChI=1S/C10H12Cl3O2PS/c1-3-14-16(17,4-2)15-10-6-8(12)7(11)5-9(10)13/h5-6H,3-4H2,1-2H3/i1D3,3D2. The second kappa shape index (κ2) is 6.60. The molecule has 0 aliphatic rings. The Bertz CT molecular complexity index is 611. The van der Waals surface area contributed by atoms with Crippen LogP contribution in [-0.4, -0.2) is 12.7 Å². The van der Waals surface area contributed by atoms with Crippen molar-refractivity contribution in [3.63, 3.8) is 0 Å². The lowest BCUT2D eigenvalue weighted by atomic mass is 10.3. The van der Waals surface area contributed by atoms with Crippen molar-refractivity contribution >= 4 is 53.1 Å². The minimum atomic E-state index is -3.29. The van der Waals surface area contributed by atoms with E-state index in [4.69, 9.17) is 62.5 Å². The number of rotatable bonds is 5. The van der Waals surface area contributed by atoms with Crippen LogP contribution < -0.4 is 4.52 Å². The van der Waals surface area contributed by atoms with Gasteiger partial charge >= 0.3 is 0 Å². The molecular weight excluding hydrogens is 322 g/mol. The first-order valence-electron chi connectivity index (χ1n) is 6.95. The molecule has 17 heavy (non-hydrogen) atoms. The van der Waals surface area contributed by atoms with E-state index in [-0.39, 0.29) is 27.0 Å². The molecule has 1 rings (SSSR count). The van der Waals surface area contributed by atoms with Crippen molar-refractivity contribution in [2.24, 2.45) is 0 Å². The molecule has 0 amide bonds. The van der Waals surface area contributed by atoms with Crippen LogP contribution in [0.2, 0.25) is 15.1 Å². The predicted octanol–water partition coefficient (Wildman–Crippen LogP) is 5.39. The summed E-state index contributed by atoms with van der Waals surface area (Å²) in [4.78, 5) is 0. The Hall–Kier alpha value is 0.500. The van der Waals surface area contributed by atoms with Gasteiger partial charge in [-0.15, -0.1) is 0 Å². The molecule has 2 nitrogen and oxygen atoms in total. The normalized spacial score (nSPS) is 20.4. The third-order valence-electron chi connectivity index (χ3n) is 1.78. The van der Waals surface area contributed by atoms with Gasteiger partial charge in [0.2, 0.25) is 6.49 Å². The molecule has 0 saturated carbocycles. The fourth-order valence-electron chi connectivity index (χ4n) is 0.941. The van der Waals surface area contributed by atoms with Gasteiger partial charge in [0.25, 0.3) is 0 Å². The zero-order valence-corrected chi connectivity index (χ0v) is 12.6. The van der Waals surface area contributed by atoms with E-state index in [1.54, 1.807) is 6.92 Å². The van der Waals surface area contributed by atoms with Crippen molar-refractivity contribution in [2.45, 2.75) is 13.8 Å². The van der Waals surface area contributed by atoms with Crippen LogP contribution in [0.3, 0.4) is 0 Å². The lowest BCUT2D eigenvalue weighted by Gasteiger charge is -2.21. The summed E-state index contributed by atoms with van der Waals surface area (Å²) in [6, 6.07) is 2.66. The van der Waals surface area contributed by atoms with Gasteiger partial charge < -0.3 is 9.05 Å². The SMILES string of the molecule is [2H]C([2H])([2H])C([2H])([2H])OP(=S)(CC)Oc1cc(Cl)c(Cl)cc1Cl. The van der Waals surface area contributed by atoms with Crippen molar-refractivity contribution in [2.75, 3.05) is 12.7 Å². The Labute approximate surface area is 128 Å². The van der Waals surface area contributed by atoms with Gasteiger partial charge in [0, 0.05) is 16.3 Å². The summed E-state index contributed by atoms with van der Waals surface area (Å²) in [5, 5.41) is 0.482. The van der Waals surface area contributed by atoms with Gasteiger partial charge in [0.05, 0.1) is 24.4 Å². The molecule has 1 aromatic rings. The highest BCUT2D eigenvalue weighted by molar-refractivity contribution is 8.10. The summed E-state index contributed by atoms with van der Waals surface area (Å²) in [5.74, 6) is 0.0580. The number of benzene rings is 1. The zero-order chi connectivity index (χ0) is 17.3. The second-order valence-corrected chi connectivity index (χ2v) is 8.02. The van der Waals surface area contributed by atoms with Crippen LogP contribution in [0, 0.1) is 0 Å². The number of hydrogen-bond acceptors (Lipinski definition) is 3. The minimum absolute atomic E-state index is 0.0580. The molecule has 0 aliphatic heterocycles. The molecule has 0 aliphatic carbocycles. The van der Waals surface area contributed by atoms with Crippen molar-refractivity contribution in [3.8, 4) is 5.75 Å². The molecule has 1 aromatic carbocycles. The van der Waals surface area contributed by atoms with Crippen LogP contribution in [0.4, 0.5) is 0 Å². The monoisotopic (exact) mass is 337 g/mol. The van der Waals surface area contributed by atoms with Gasteiger partial charge in [-0.25, -0.2) is 0 Å². The molecule has 0 saturated heterocycles. The van der Waals surface area contributed by atoms with Crippen LogP contribution in [0.25, 0.3) is 0 Å². The fraction of sp³-hybridized carbons (Fsp3) is 0.400. The Balaban J connectivity index is 3.12. The van der Waals surface area contributed by atoms with Gasteiger partial charge in [-0.2, -0.15) is 0 Å². The third-order valence-corrected chi connectivity index (χ3v) is 5.64. The summed E-state index contributed by atoms with van der Waals surface area (Å²) < 4.78 is 47.0. The van der Waals surface area contributed by atoms with Gasteiger partial charge in [-0.05, 0) is 24.7 Å². The van der Waals surface area contributed by atoms with E-state index in [1.165, 1.54) is 12.1 Å². The molecule has 0 aromatic heterocycles. The topological polar surface area (TPSA) is 18.5 Å². The highest BCUT2D eigenvalue weighted by Gasteiger charge is 2.19. The van der Waals surface area contributed by atoms with E-state index < -0.39 is 19.9 Å². The summed E-state index contributed by atoms with van der Waals surface area (Å²) in [7, 11) is 0. The lowest BCUT2D eigenvalue weighted by molar-refractivity contribution is 0.332. The predicted molar refractivity (Wildman–Crippen MR) is 78.6 cm³/mol. The number of halogens is 3. The fourth-order valence-corrected chi connectivity index (χ4v) is 2.81. The van der Waals surface area contributed by atoms with E-state index in [1.807, 2.05) is 0 Å². The molecule has 0 fully saturated rings. The molecule has 1 unspecified atom stereocenters. The summed E-state index contributed by atoms with van der Waals surface area (Å²) >= 11 is 22.8. The average molecular weight is 339 g/mol. The quantitative estimate of drug-likeness (QED) is 0.529. The second-order valence-electron chi connectivity index (χ2n) is 2.91. The molecule has 0 bridgehead atoms. The summed E-state index contributed by atoms with van der Waals surface area (Å²) in [6.07, 6.45) is 0.0918. The molecule has 0 radical (unpaired) electrons. The first kappa shape index (κ1) is 9.41. The highest BCUT2D eigenvalue weighted by atomic mass is 35.5. The first-order chi connectivity index (χ1) is 9.81. The number of hydrogen-bond donors (Lipinski definition) is 0. The first-order valence-corrected chi connectivity index (χ1v) is 8.41. The van der Waals surface area contributed by atoms with Gasteiger partial charge in [0.15, 0.2) is 0 Å².